The summed E-state index contributed by atoms with van der Waals surface area (Å²) in [7, 11) is 0. The first kappa shape index (κ1) is 9.48. The van der Waals surface area contributed by atoms with Crippen molar-refractivity contribution in [2.45, 2.75) is 37.0 Å². The molecule has 3 N–H and O–H groups in total. The highest BCUT2D eigenvalue weighted by Gasteiger charge is 2.53. The van der Waals surface area contributed by atoms with Crippen LogP contribution in [0.25, 0.3) is 0 Å². The molecule has 0 unspecified atom stereocenters. The number of rotatable bonds is 0. The Morgan fingerprint density at radius 1 is 1.18 bits per heavy atom. The van der Waals surface area contributed by atoms with Gasteiger partial charge in [0.2, 0.25) is 0 Å². The molecule has 17 heavy (non-hydrogen) atoms. The van der Waals surface area contributed by atoms with Crippen LogP contribution in [0, 0.1) is 0 Å². The van der Waals surface area contributed by atoms with E-state index in [2.05, 4.69) is 16.0 Å². The van der Waals surface area contributed by atoms with Crippen molar-refractivity contribution in [1.29, 1.82) is 0 Å². The summed E-state index contributed by atoms with van der Waals surface area (Å²) >= 11 is 0. The van der Waals surface area contributed by atoms with Crippen molar-refractivity contribution in [2.75, 3.05) is 5.32 Å². The van der Waals surface area contributed by atoms with E-state index in [0.29, 0.717) is 12.1 Å². The molecule has 3 atom stereocenters. The number of hydrogen-bond donors (Lipinski definition) is 3. The number of fused-ring (bicyclic) bond motifs is 4. The Kier molecular flexibility index (Phi) is 1.68. The van der Waals surface area contributed by atoms with Crippen molar-refractivity contribution in [3.63, 3.8) is 0 Å². The normalized spacial score (nSPS) is 37.8. The van der Waals surface area contributed by atoms with E-state index >= 15 is 0 Å². The zero-order valence-corrected chi connectivity index (χ0v) is 9.49. The molecule has 3 heterocycles. The van der Waals surface area contributed by atoms with Gasteiger partial charge in [-0.05, 0) is 25.0 Å². The minimum atomic E-state index is -0.256. The Balaban J connectivity index is 1.77. The van der Waals surface area contributed by atoms with E-state index in [-0.39, 0.29) is 11.6 Å². The van der Waals surface area contributed by atoms with Crippen LogP contribution in [0.15, 0.2) is 24.3 Å². The number of para-hydroxylation sites is 1. The van der Waals surface area contributed by atoms with Gasteiger partial charge in [-0.1, -0.05) is 12.1 Å². The zero-order chi connectivity index (χ0) is 11.5. The molecule has 88 valence electrons. The third-order valence-electron chi connectivity index (χ3n) is 4.27. The third kappa shape index (κ3) is 1.19. The van der Waals surface area contributed by atoms with E-state index in [1.807, 2.05) is 24.3 Å². The van der Waals surface area contributed by atoms with Crippen molar-refractivity contribution in [2.24, 2.45) is 0 Å². The van der Waals surface area contributed by atoms with Crippen molar-refractivity contribution in [3.05, 3.63) is 29.8 Å². The Morgan fingerprint density at radius 2 is 2.06 bits per heavy atom. The van der Waals surface area contributed by atoms with Crippen LogP contribution in [-0.2, 0) is 0 Å². The summed E-state index contributed by atoms with van der Waals surface area (Å²) < 4.78 is 0. The lowest BCUT2D eigenvalue weighted by molar-refractivity contribution is 0.0885. The molecule has 0 aliphatic carbocycles. The van der Waals surface area contributed by atoms with Crippen molar-refractivity contribution < 1.29 is 4.79 Å². The van der Waals surface area contributed by atoms with Crippen molar-refractivity contribution in [1.82, 2.24) is 10.6 Å². The second kappa shape index (κ2) is 3.01. The van der Waals surface area contributed by atoms with Crippen molar-refractivity contribution >= 4 is 11.6 Å². The minimum Gasteiger partial charge on any atom is -0.361 e. The standard InChI is InChI=1S/C13H15N3O/c17-12-9-3-1-2-4-10(9)15-13(16-12)7-8-5-6-11(13)14-8/h1-4,8,11,14-15H,5-7H2,(H,16,17)/t8-,11+,13-/m1/s1. The molecule has 1 aromatic rings. The minimum absolute atomic E-state index is 0.0497. The van der Waals surface area contributed by atoms with E-state index < -0.39 is 0 Å². The molecule has 4 heteroatoms. The Bertz CT molecular complexity index is 501. The highest BCUT2D eigenvalue weighted by molar-refractivity contribution is 6.02. The van der Waals surface area contributed by atoms with Crippen LogP contribution in [0.1, 0.15) is 29.6 Å². The van der Waals surface area contributed by atoms with Crippen LogP contribution >= 0.6 is 0 Å². The highest BCUT2D eigenvalue weighted by Crippen LogP contribution is 2.40. The molecule has 1 amide bonds. The molecular weight excluding hydrogens is 214 g/mol. The number of carbonyl (C=O) groups is 1. The van der Waals surface area contributed by atoms with E-state index in [1.165, 1.54) is 6.42 Å². The summed E-state index contributed by atoms with van der Waals surface area (Å²) in [5.74, 6) is 0.0497. The number of benzene rings is 1. The van der Waals surface area contributed by atoms with Crippen molar-refractivity contribution in [3.8, 4) is 0 Å². The molecule has 2 saturated heterocycles. The van der Waals surface area contributed by atoms with Crippen LogP contribution in [0.3, 0.4) is 0 Å². The number of hydrogen-bond acceptors (Lipinski definition) is 3. The molecule has 0 radical (unpaired) electrons. The second-order valence-electron chi connectivity index (χ2n) is 5.29. The molecule has 2 fully saturated rings. The summed E-state index contributed by atoms with van der Waals surface area (Å²) in [5, 5.41) is 10.3. The first-order chi connectivity index (χ1) is 8.27. The summed E-state index contributed by atoms with van der Waals surface area (Å²) in [6, 6.07) is 8.64. The lowest BCUT2D eigenvalue weighted by Gasteiger charge is -2.42. The maximum Gasteiger partial charge on any atom is 0.255 e. The predicted molar refractivity (Wildman–Crippen MR) is 64.8 cm³/mol. The molecule has 1 aromatic carbocycles. The fourth-order valence-electron chi connectivity index (χ4n) is 3.51. The Morgan fingerprint density at radius 3 is 2.82 bits per heavy atom. The molecule has 2 bridgehead atoms. The van der Waals surface area contributed by atoms with Gasteiger partial charge in [-0.25, -0.2) is 0 Å². The fourth-order valence-corrected chi connectivity index (χ4v) is 3.51. The second-order valence-corrected chi connectivity index (χ2v) is 5.29. The topological polar surface area (TPSA) is 53.2 Å². The van der Waals surface area contributed by atoms with Gasteiger partial charge in [0.15, 0.2) is 0 Å². The van der Waals surface area contributed by atoms with Crippen LogP contribution in [0.5, 0.6) is 0 Å². The quantitative estimate of drug-likeness (QED) is 0.623. The van der Waals surface area contributed by atoms with Crippen LogP contribution in [0.2, 0.25) is 0 Å². The van der Waals surface area contributed by atoms with Gasteiger partial charge in [-0.15, -0.1) is 0 Å². The average Bonchev–Trinajstić information content (AvgIpc) is 2.89. The SMILES string of the molecule is O=C1N[C@@]2(C[C@H]3CC[C@@H]2N3)Nc2ccccc21. The number of amides is 1. The van der Waals surface area contributed by atoms with E-state index in [1.54, 1.807) is 0 Å². The van der Waals surface area contributed by atoms with Gasteiger partial charge >= 0.3 is 0 Å². The molecule has 4 rings (SSSR count). The Hall–Kier alpha value is -1.55. The van der Waals surface area contributed by atoms with Gasteiger partial charge in [0.1, 0.15) is 5.66 Å². The summed E-state index contributed by atoms with van der Waals surface area (Å²) in [6.45, 7) is 0. The van der Waals surface area contributed by atoms with E-state index in [4.69, 9.17) is 0 Å². The molecule has 4 nitrogen and oxygen atoms in total. The first-order valence-electron chi connectivity index (χ1n) is 6.23. The smallest absolute Gasteiger partial charge is 0.255 e. The average molecular weight is 229 g/mol. The monoisotopic (exact) mass is 229 g/mol. The zero-order valence-electron chi connectivity index (χ0n) is 9.49. The van der Waals surface area contributed by atoms with Crippen LogP contribution in [-0.4, -0.2) is 23.7 Å². The number of carbonyl (C=O) groups excluding carboxylic acids is 1. The van der Waals surface area contributed by atoms with Gasteiger partial charge < -0.3 is 16.0 Å². The van der Waals surface area contributed by atoms with Gasteiger partial charge in [0.05, 0.1) is 5.56 Å². The van der Waals surface area contributed by atoms with E-state index in [0.717, 1.165) is 24.1 Å². The van der Waals surface area contributed by atoms with Gasteiger partial charge in [-0.3, -0.25) is 4.79 Å². The summed E-state index contributed by atoms with van der Waals surface area (Å²) in [6.07, 6.45) is 3.35. The highest BCUT2D eigenvalue weighted by atomic mass is 16.2. The van der Waals surface area contributed by atoms with E-state index in [9.17, 15) is 4.79 Å². The largest absolute Gasteiger partial charge is 0.361 e. The maximum atomic E-state index is 12.1. The van der Waals surface area contributed by atoms with Gasteiger partial charge in [0.25, 0.3) is 5.91 Å². The molecule has 0 saturated carbocycles. The third-order valence-corrected chi connectivity index (χ3v) is 4.27. The molecule has 3 aliphatic rings. The van der Waals surface area contributed by atoms with Crippen LogP contribution < -0.4 is 16.0 Å². The molecule has 0 aromatic heterocycles. The lowest BCUT2D eigenvalue weighted by atomic mass is 9.86. The predicted octanol–water partition coefficient (Wildman–Crippen LogP) is 1.06. The molecule has 3 aliphatic heterocycles. The van der Waals surface area contributed by atoms with Gasteiger partial charge in [-0.2, -0.15) is 0 Å². The molecular formula is C13H15N3O. The summed E-state index contributed by atoms with van der Waals surface area (Å²) in [5.41, 5.74) is 1.46. The summed E-state index contributed by atoms with van der Waals surface area (Å²) in [4.78, 5) is 12.1. The lowest BCUT2D eigenvalue weighted by Crippen LogP contribution is -2.63. The van der Waals surface area contributed by atoms with Crippen LogP contribution in [0.4, 0.5) is 5.69 Å². The first-order valence-corrected chi connectivity index (χ1v) is 6.23. The maximum absolute atomic E-state index is 12.1. The van der Waals surface area contributed by atoms with Gasteiger partial charge in [0, 0.05) is 24.2 Å². The molecule has 1 spiro atoms. The number of nitrogens with one attached hydrogen (secondary N) is 3. The Labute approximate surface area is 99.8 Å². The fraction of sp³-hybridized carbons (Fsp3) is 0.462. The number of anilines is 1.